The van der Waals surface area contributed by atoms with Crippen LogP contribution in [0, 0.1) is 0 Å². The summed E-state index contributed by atoms with van der Waals surface area (Å²) in [6.45, 7) is 5.77. The molecule has 0 atom stereocenters. The first-order valence-electron chi connectivity index (χ1n) is 10.3. The highest BCUT2D eigenvalue weighted by atomic mass is 16.2. The molecule has 0 unspecified atom stereocenters. The van der Waals surface area contributed by atoms with Crippen LogP contribution in [-0.2, 0) is 11.3 Å². The molecule has 1 aliphatic heterocycles. The zero-order valence-corrected chi connectivity index (χ0v) is 17.2. The molecule has 1 N–H and O–H groups in total. The third-order valence-corrected chi connectivity index (χ3v) is 5.42. The van der Waals surface area contributed by atoms with E-state index in [2.05, 4.69) is 32.4 Å². The molecular formula is C21H27N7O2. The predicted molar refractivity (Wildman–Crippen MR) is 114 cm³/mol. The third-order valence-electron chi connectivity index (χ3n) is 5.42. The van der Waals surface area contributed by atoms with E-state index < -0.39 is 0 Å². The summed E-state index contributed by atoms with van der Waals surface area (Å²) in [5, 5.41) is 11.4. The molecule has 2 aromatic heterocycles. The second kappa shape index (κ2) is 9.19. The van der Waals surface area contributed by atoms with Gasteiger partial charge in [0.25, 0.3) is 5.56 Å². The fraction of sp³-hybridized carbons (Fsp3) is 0.429. The van der Waals surface area contributed by atoms with Crippen molar-refractivity contribution in [1.29, 1.82) is 0 Å². The molecule has 0 aliphatic carbocycles. The topological polar surface area (TPSA) is 87.8 Å². The zero-order chi connectivity index (χ0) is 20.9. The number of hydrogen-bond donors (Lipinski definition) is 1. The second-order valence-corrected chi connectivity index (χ2v) is 7.67. The first-order chi connectivity index (χ1) is 14.6. The van der Waals surface area contributed by atoms with E-state index in [0.717, 1.165) is 44.7 Å². The molecule has 9 heteroatoms. The van der Waals surface area contributed by atoms with Crippen LogP contribution in [-0.4, -0.2) is 81.4 Å². The van der Waals surface area contributed by atoms with E-state index in [1.165, 1.54) is 15.5 Å². The molecule has 0 bridgehead atoms. The average molecular weight is 409 g/mol. The van der Waals surface area contributed by atoms with E-state index in [1.807, 2.05) is 30.3 Å². The number of fused-ring (bicyclic) bond motifs is 1. The van der Waals surface area contributed by atoms with Gasteiger partial charge in [0.1, 0.15) is 18.4 Å². The summed E-state index contributed by atoms with van der Waals surface area (Å²) < 4.78 is 2.64. The van der Waals surface area contributed by atoms with Crippen molar-refractivity contribution in [1.82, 2.24) is 34.5 Å². The summed E-state index contributed by atoms with van der Waals surface area (Å²) >= 11 is 0. The Hall–Kier alpha value is -3.04. The number of aromatic nitrogens is 4. The summed E-state index contributed by atoms with van der Waals surface area (Å²) in [7, 11) is 2.14. The van der Waals surface area contributed by atoms with Crippen molar-refractivity contribution in [3.8, 4) is 11.3 Å². The number of likely N-dealkylation sites (N-methyl/N-ethyl adjacent to an activating group) is 1. The fourth-order valence-corrected chi connectivity index (χ4v) is 3.59. The molecule has 158 valence electrons. The highest BCUT2D eigenvalue weighted by Crippen LogP contribution is 2.17. The summed E-state index contributed by atoms with van der Waals surface area (Å²) in [5.41, 5.74) is 1.68. The number of carbonyl (C=O) groups excluding carboxylic acids is 1. The molecule has 3 heterocycles. The van der Waals surface area contributed by atoms with Crippen LogP contribution in [0.1, 0.15) is 6.42 Å². The van der Waals surface area contributed by atoms with Crippen LogP contribution in [0.5, 0.6) is 0 Å². The summed E-state index contributed by atoms with van der Waals surface area (Å²) in [6, 6.07) is 11.4. The molecule has 0 saturated carbocycles. The van der Waals surface area contributed by atoms with Crippen molar-refractivity contribution in [2.45, 2.75) is 13.0 Å². The van der Waals surface area contributed by atoms with Gasteiger partial charge in [-0.3, -0.25) is 9.59 Å². The first-order valence-corrected chi connectivity index (χ1v) is 10.3. The molecule has 0 spiro atoms. The van der Waals surface area contributed by atoms with E-state index in [1.54, 1.807) is 6.07 Å². The summed E-state index contributed by atoms with van der Waals surface area (Å²) in [5.74, 6) is -0.213. The van der Waals surface area contributed by atoms with Gasteiger partial charge >= 0.3 is 0 Å². The maximum atomic E-state index is 12.7. The number of piperazine rings is 1. The average Bonchev–Trinajstić information content (AvgIpc) is 3.20. The Bertz CT molecular complexity index is 1050. The number of hydrogen-bond acceptors (Lipinski definition) is 6. The van der Waals surface area contributed by atoms with Crippen LogP contribution in [0.2, 0.25) is 0 Å². The predicted octanol–water partition coefficient (Wildman–Crippen LogP) is 0.312. The van der Waals surface area contributed by atoms with Crippen molar-refractivity contribution < 1.29 is 4.79 Å². The van der Waals surface area contributed by atoms with E-state index in [-0.39, 0.29) is 18.0 Å². The Morgan fingerprint density at radius 1 is 1.13 bits per heavy atom. The van der Waals surface area contributed by atoms with Crippen LogP contribution in [0.4, 0.5) is 0 Å². The molecule has 30 heavy (non-hydrogen) atoms. The van der Waals surface area contributed by atoms with E-state index in [0.29, 0.717) is 17.8 Å². The highest BCUT2D eigenvalue weighted by Gasteiger charge is 2.14. The summed E-state index contributed by atoms with van der Waals surface area (Å²) in [6.07, 6.45) is 2.35. The Morgan fingerprint density at radius 3 is 2.67 bits per heavy atom. The van der Waals surface area contributed by atoms with E-state index in [4.69, 9.17) is 0 Å². The van der Waals surface area contributed by atoms with Gasteiger partial charge in [-0.15, -0.1) is 0 Å². The normalized spacial score (nSPS) is 15.5. The lowest BCUT2D eigenvalue weighted by Gasteiger charge is -2.32. The van der Waals surface area contributed by atoms with E-state index >= 15 is 0 Å². The number of nitrogens with one attached hydrogen (secondary N) is 1. The van der Waals surface area contributed by atoms with Crippen LogP contribution in [0.3, 0.4) is 0 Å². The molecule has 9 nitrogen and oxygen atoms in total. The van der Waals surface area contributed by atoms with Crippen LogP contribution >= 0.6 is 0 Å². The zero-order valence-electron chi connectivity index (χ0n) is 17.2. The maximum Gasteiger partial charge on any atom is 0.293 e. The van der Waals surface area contributed by atoms with Crippen molar-refractivity contribution in [3.63, 3.8) is 0 Å². The number of amides is 1. The second-order valence-electron chi connectivity index (χ2n) is 7.67. The molecule has 1 aromatic carbocycles. The lowest BCUT2D eigenvalue weighted by molar-refractivity contribution is -0.121. The van der Waals surface area contributed by atoms with Crippen LogP contribution < -0.4 is 10.9 Å². The van der Waals surface area contributed by atoms with Gasteiger partial charge in [0.05, 0.1) is 5.69 Å². The van der Waals surface area contributed by atoms with Gasteiger partial charge in [-0.2, -0.15) is 10.2 Å². The molecule has 0 radical (unpaired) electrons. The van der Waals surface area contributed by atoms with Gasteiger partial charge < -0.3 is 15.1 Å². The first kappa shape index (κ1) is 20.2. The number of nitrogens with zero attached hydrogens (tertiary/aromatic N) is 6. The molecule has 4 rings (SSSR count). The minimum absolute atomic E-state index is 0.101. The fourth-order valence-electron chi connectivity index (χ4n) is 3.59. The van der Waals surface area contributed by atoms with Gasteiger partial charge in [0.15, 0.2) is 0 Å². The molecular weight excluding hydrogens is 382 g/mol. The minimum atomic E-state index is -0.334. The largest absolute Gasteiger partial charge is 0.354 e. The Kier molecular flexibility index (Phi) is 6.20. The standard InChI is InChI=1S/C21H27N7O2/c1-25-10-12-26(13-11-25)9-5-8-22-20(29)15-27-21(30)19-14-18(24-28(19)16-23-27)17-6-3-2-4-7-17/h2-4,6-7,14,16H,5,8-13,15H2,1H3,(H,22,29). The van der Waals surface area contributed by atoms with Crippen molar-refractivity contribution in [3.05, 3.63) is 53.1 Å². The van der Waals surface area contributed by atoms with Crippen LogP contribution in [0.25, 0.3) is 16.8 Å². The number of carbonyl (C=O) groups is 1. The monoisotopic (exact) mass is 409 g/mol. The van der Waals surface area contributed by atoms with Gasteiger partial charge in [-0.1, -0.05) is 30.3 Å². The molecule has 1 aliphatic rings. The quantitative estimate of drug-likeness (QED) is 0.565. The van der Waals surface area contributed by atoms with Gasteiger partial charge in [0.2, 0.25) is 5.91 Å². The Morgan fingerprint density at radius 2 is 1.90 bits per heavy atom. The molecule has 3 aromatic rings. The maximum absolute atomic E-state index is 12.7. The summed E-state index contributed by atoms with van der Waals surface area (Å²) in [4.78, 5) is 29.7. The minimum Gasteiger partial charge on any atom is -0.354 e. The third kappa shape index (κ3) is 4.74. The van der Waals surface area contributed by atoms with Gasteiger partial charge in [0, 0.05) is 38.3 Å². The Labute approximate surface area is 174 Å². The number of rotatable bonds is 7. The van der Waals surface area contributed by atoms with E-state index in [9.17, 15) is 9.59 Å². The highest BCUT2D eigenvalue weighted by molar-refractivity contribution is 5.75. The van der Waals surface area contributed by atoms with Crippen molar-refractivity contribution >= 4 is 11.4 Å². The number of benzene rings is 1. The molecule has 1 fully saturated rings. The van der Waals surface area contributed by atoms with Gasteiger partial charge in [-0.05, 0) is 26.1 Å². The smallest absolute Gasteiger partial charge is 0.293 e. The van der Waals surface area contributed by atoms with Crippen molar-refractivity contribution in [2.24, 2.45) is 0 Å². The van der Waals surface area contributed by atoms with Crippen molar-refractivity contribution in [2.75, 3.05) is 46.3 Å². The van der Waals surface area contributed by atoms with Crippen LogP contribution in [0.15, 0.2) is 47.5 Å². The SMILES string of the molecule is CN1CCN(CCCNC(=O)Cn2ncn3nc(-c4ccccc4)cc3c2=O)CC1. The Balaban J connectivity index is 1.32. The molecule has 1 amide bonds. The lowest BCUT2D eigenvalue weighted by Crippen LogP contribution is -2.45. The molecule has 1 saturated heterocycles. The lowest BCUT2D eigenvalue weighted by atomic mass is 10.1. The van der Waals surface area contributed by atoms with Gasteiger partial charge in [-0.25, -0.2) is 9.20 Å².